The Labute approximate surface area is 310 Å². The van der Waals surface area contributed by atoms with Gasteiger partial charge in [-0.2, -0.15) is 0 Å². The van der Waals surface area contributed by atoms with Crippen molar-refractivity contribution < 1.29 is 45.2 Å². The number of aromatic amines is 1. The van der Waals surface area contributed by atoms with Gasteiger partial charge in [-0.05, 0) is 0 Å². The second kappa shape index (κ2) is 13.0. The number of nitrogens with one attached hydrogen (secondary N) is 1. The normalized spacial score (nSPS) is 18.9. The van der Waals surface area contributed by atoms with Gasteiger partial charge in [-0.1, -0.05) is 0 Å². The summed E-state index contributed by atoms with van der Waals surface area (Å²) >= 11 is -2.21. The van der Waals surface area contributed by atoms with Crippen LogP contribution in [0.25, 0.3) is 56.2 Å². The summed E-state index contributed by atoms with van der Waals surface area (Å²) in [6.45, 7) is 5.39. The second-order valence-electron chi connectivity index (χ2n) is 14.5. The van der Waals surface area contributed by atoms with Crippen LogP contribution in [0.4, 0.5) is 0 Å². The molecular formula is C44H39Cl2NSiZr. The molecule has 0 bridgehead atoms. The topological polar surface area (TPSA) is 15.8 Å². The third-order valence-corrected chi connectivity index (χ3v) is 30.7. The van der Waals surface area contributed by atoms with Crippen LogP contribution < -0.4 is 24.8 Å². The van der Waals surface area contributed by atoms with Gasteiger partial charge >= 0.3 is 287 Å². The Kier molecular flexibility index (Phi) is 8.81. The number of allylic oxidation sites excluding steroid dienone is 2. The molecule has 10 rings (SSSR count). The van der Waals surface area contributed by atoms with E-state index < -0.39 is 25.8 Å². The molecule has 1 nitrogen and oxygen atoms in total. The first kappa shape index (κ1) is 33.2. The average molecular weight is 772 g/mol. The molecule has 2 unspecified atom stereocenters. The van der Waals surface area contributed by atoms with Crippen LogP contribution >= 0.6 is 0 Å². The van der Waals surface area contributed by atoms with Crippen molar-refractivity contribution in [2.45, 2.75) is 46.0 Å². The van der Waals surface area contributed by atoms with Gasteiger partial charge in [0, 0.05) is 0 Å². The number of fused-ring (bicyclic) bond motifs is 5. The van der Waals surface area contributed by atoms with Crippen LogP contribution in [-0.4, -0.2) is 10.4 Å². The number of hydrogen-bond acceptors (Lipinski definition) is 0. The molecule has 0 saturated heterocycles. The second-order valence-corrected chi connectivity index (χ2v) is 32.4. The van der Waals surface area contributed by atoms with E-state index in [0.29, 0.717) is 7.25 Å². The fraction of sp³-hybridized carbons (Fsp3) is 0.227. The van der Waals surface area contributed by atoms with Crippen LogP contribution in [0.3, 0.4) is 0 Å². The summed E-state index contributed by atoms with van der Waals surface area (Å²) in [5.74, 6) is 1.58. The molecule has 0 amide bonds. The zero-order valence-electron chi connectivity index (χ0n) is 27.9. The molecule has 1 N–H and O–H groups in total. The maximum Gasteiger partial charge on any atom is -1.00 e. The Morgan fingerprint density at radius 1 is 0.551 bits per heavy atom. The summed E-state index contributed by atoms with van der Waals surface area (Å²) in [5.41, 5.74) is 17.6. The van der Waals surface area contributed by atoms with Crippen molar-refractivity contribution in [2.75, 3.05) is 0 Å². The van der Waals surface area contributed by atoms with Crippen molar-refractivity contribution in [3.63, 3.8) is 0 Å². The molecule has 0 radical (unpaired) electrons. The number of hydrogen-bond donors (Lipinski definition) is 1. The molecule has 5 heteroatoms. The number of benzene rings is 5. The molecule has 6 aromatic rings. The fourth-order valence-electron chi connectivity index (χ4n) is 9.03. The van der Waals surface area contributed by atoms with Gasteiger partial charge in [0.2, 0.25) is 0 Å². The molecule has 2 atom stereocenters. The van der Waals surface area contributed by atoms with Gasteiger partial charge < -0.3 is 24.8 Å². The van der Waals surface area contributed by atoms with Gasteiger partial charge in [0.25, 0.3) is 0 Å². The van der Waals surface area contributed by atoms with Gasteiger partial charge in [-0.15, -0.1) is 0 Å². The number of para-hydroxylation sites is 2. The molecule has 1 heterocycles. The Hall–Kier alpha value is -2.94. The predicted molar refractivity (Wildman–Crippen MR) is 197 cm³/mol. The summed E-state index contributed by atoms with van der Waals surface area (Å²) in [6.07, 6.45) is 10.9. The first-order valence-electron chi connectivity index (χ1n) is 17.6. The zero-order chi connectivity index (χ0) is 31.2. The van der Waals surface area contributed by atoms with E-state index in [2.05, 4.69) is 139 Å². The molecular weight excluding hydrogens is 733 g/mol. The SMILES string of the molecule is C[Si](C)=[Zr+2]([CH]1C(C2CC2)=Cc2c(-c3ccccc3)cccc21)[CH]1C(C2CC2)=Cc2c(-c3cccc4c3[nH]c3ccccc34)cccc21.[Cl-].[Cl-]. The minimum Gasteiger partial charge on any atom is -1.00 e. The van der Waals surface area contributed by atoms with E-state index in [1.54, 1.807) is 16.7 Å². The minimum absolute atomic E-state index is 0. The Morgan fingerprint density at radius 3 is 1.71 bits per heavy atom. The fourth-order valence-corrected chi connectivity index (χ4v) is 29.6. The summed E-state index contributed by atoms with van der Waals surface area (Å²) in [7, 11) is 0. The maximum atomic E-state index is 3.82. The molecule has 5 aromatic carbocycles. The van der Waals surface area contributed by atoms with E-state index in [4.69, 9.17) is 0 Å². The van der Waals surface area contributed by atoms with Crippen LogP contribution in [0.15, 0.2) is 120 Å². The third-order valence-electron chi connectivity index (χ3n) is 11.4. The van der Waals surface area contributed by atoms with Crippen LogP contribution in [0.1, 0.15) is 55.2 Å². The third kappa shape index (κ3) is 5.43. The van der Waals surface area contributed by atoms with Crippen molar-refractivity contribution in [1.29, 1.82) is 0 Å². The van der Waals surface area contributed by atoms with Crippen molar-refractivity contribution in [3.8, 4) is 22.3 Å². The van der Waals surface area contributed by atoms with Crippen molar-refractivity contribution in [1.82, 2.24) is 4.98 Å². The van der Waals surface area contributed by atoms with Gasteiger partial charge in [0.1, 0.15) is 0 Å². The summed E-state index contributed by atoms with van der Waals surface area (Å²) in [4.78, 5) is 3.82. The molecule has 0 aliphatic heterocycles. The van der Waals surface area contributed by atoms with Gasteiger partial charge in [-0.3, -0.25) is 0 Å². The smallest absolute Gasteiger partial charge is 1.00 e. The standard InChI is InChI=1S/C24H18N.C18H15.C2H6Si.2ClH.Zr/c1-2-10-23-19(6-1)21-9-4-8-20(24(21)25-23)18-7-3-5-16-13-17(14-22(16)18)15-11-12-15;1-2-5-14(6-3-1)17-8-4-7-15-11-16(12-18(15)17)13-9-10-13;1-3-2;;;/h1-10,13-15,25H,11-12H2;1-8,11-13H,9-10H2;1-2H3;2*1H;/q;;;;;+2/p-2. The number of rotatable bonds is 6. The minimum atomic E-state index is -2.21. The molecule has 4 aliphatic carbocycles. The largest absolute Gasteiger partial charge is 1.00 e. The van der Waals surface area contributed by atoms with E-state index in [-0.39, 0.29) is 24.8 Å². The van der Waals surface area contributed by atoms with E-state index in [9.17, 15) is 0 Å². The Bertz CT molecular complexity index is 2360. The number of H-pyrrole nitrogens is 1. The summed E-state index contributed by atoms with van der Waals surface area (Å²) < 4.78 is 1.38. The van der Waals surface area contributed by atoms with E-state index in [0.717, 1.165) is 11.8 Å². The molecule has 1 aromatic heterocycles. The van der Waals surface area contributed by atoms with Crippen molar-refractivity contribution >= 4 is 39.4 Å². The van der Waals surface area contributed by atoms with Crippen LogP contribution in [0.5, 0.6) is 0 Å². The molecule has 49 heavy (non-hydrogen) atoms. The van der Waals surface area contributed by atoms with Gasteiger partial charge in [-0.25, -0.2) is 0 Å². The Morgan fingerprint density at radius 2 is 1.08 bits per heavy atom. The molecule has 4 aliphatic rings. The van der Waals surface area contributed by atoms with E-state index in [1.165, 1.54) is 75.3 Å². The summed E-state index contributed by atoms with van der Waals surface area (Å²) in [5, 5.41) is 2.65. The average Bonchev–Trinajstić information content (AvgIpc) is 4.03. The van der Waals surface area contributed by atoms with Crippen LogP contribution in [0.2, 0.25) is 13.1 Å². The maximum absolute atomic E-state index is 3.82. The molecule has 0 spiro atoms. The number of halogens is 2. The van der Waals surface area contributed by atoms with E-state index >= 15 is 0 Å². The summed E-state index contributed by atoms with van der Waals surface area (Å²) in [6, 6.07) is 41.4. The van der Waals surface area contributed by atoms with E-state index in [1.807, 2.05) is 11.1 Å². The van der Waals surface area contributed by atoms with Gasteiger partial charge in [0.05, 0.1) is 0 Å². The molecule has 2 fully saturated rings. The number of aromatic nitrogens is 1. The van der Waals surface area contributed by atoms with Crippen LogP contribution in [-0.2, 0) is 20.4 Å². The van der Waals surface area contributed by atoms with Crippen molar-refractivity contribution in [2.24, 2.45) is 11.8 Å². The van der Waals surface area contributed by atoms with Crippen molar-refractivity contribution in [3.05, 3.63) is 143 Å². The molecule has 2 saturated carbocycles. The first-order chi connectivity index (χ1) is 23.2. The van der Waals surface area contributed by atoms with Crippen LogP contribution in [0, 0.1) is 11.8 Å². The quantitative estimate of drug-likeness (QED) is 0.203. The van der Waals surface area contributed by atoms with Gasteiger partial charge in [0.15, 0.2) is 0 Å². The molecule has 242 valence electrons. The first-order valence-corrected chi connectivity index (χ1v) is 26.6. The monoisotopic (exact) mass is 769 g/mol. The Balaban J connectivity index is 0.00000174. The zero-order valence-corrected chi connectivity index (χ0v) is 32.9. The predicted octanol–water partition coefficient (Wildman–Crippen LogP) is 5.93.